The van der Waals surface area contributed by atoms with Crippen molar-refractivity contribution in [3.8, 4) is 0 Å². The number of esters is 2. The Labute approximate surface area is 308 Å². The number of ether oxygens (including phenoxy) is 2. The normalized spacial score (nSPS) is 12.9. The lowest BCUT2D eigenvalue weighted by Gasteiger charge is -2.15. The molecule has 0 aromatic rings. The number of rotatable bonds is 36. The van der Waals surface area contributed by atoms with Crippen molar-refractivity contribution in [3.63, 3.8) is 0 Å². The molecule has 0 saturated heterocycles. The van der Waals surface area contributed by atoms with E-state index in [4.69, 9.17) is 9.47 Å². The van der Waals surface area contributed by atoms with E-state index in [9.17, 15) is 14.7 Å². The Morgan fingerprint density at radius 2 is 0.840 bits per heavy atom. The van der Waals surface area contributed by atoms with Gasteiger partial charge in [0.2, 0.25) is 0 Å². The van der Waals surface area contributed by atoms with Crippen LogP contribution < -0.4 is 0 Å². The summed E-state index contributed by atoms with van der Waals surface area (Å²) in [4.78, 5) is 24.2. The Bertz CT molecular complexity index is 926. The summed E-state index contributed by atoms with van der Waals surface area (Å²) in [5.41, 5.74) is 0. The van der Waals surface area contributed by atoms with Gasteiger partial charge in [-0.1, -0.05) is 164 Å². The van der Waals surface area contributed by atoms with Crippen LogP contribution in [0.3, 0.4) is 0 Å². The van der Waals surface area contributed by atoms with Crippen LogP contribution in [0.4, 0.5) is 0 Å². The Morgan fingerprint density at radius 3 is 1.34 bits per heavy atom. The molecule has 5 heteroatoms. The highest BCUT2D eigenvalue weighted by Gasteiger charge is 2.15. The van der Waals surface area contributed by atoms with Crippen molar-refractivity contribution in [3.05, 3.63) is 72.9 Å². The molecule has 0 aromatic heterocycles. The molecule has 0 aliphatic rings. The zero-order valence-electron chi connectivity index (χ0n) is 32.4. The summed E-state index contributed by atoms with van der Waals surface area (Å²) in [5.74, 6) is -0.696. The van der Waals surface area contributed by atoms with E-state index in [2.05, 4.69) is 74.6 Å². The van der Waals surface area contributed by atoms with Gasteiger partial charge in [0.15, 0.2) is 6.10 Å². The average molecular weight is 697 g/mol. The van der Waals surface area contributed by atoms with E-state index in [1.54, 1.807) is 0 Å². The summed E-state index contributed by atoms with van der Waals surface area (Å²) in [6, 6.07) is 0. The van der Waals surface area contributed by atoms with Crippen LogP contribution in [-0.4, -0.2) is 36.4 Å². The monoisotopic (exact) mass is 697 g/mol. The number of hydrogen-bond acceptors (Lipinski definition) is 5. The second-order valence-electron chi connectivity index (χ2n) is 13.4. The molecule has 0 fully saturated rings. The number of unbranched alkanes of at least 4 members (excludes halogenated alkanes) is 16. The Morgan fingerprint density at radius 1 is 0.460 bits per heavy atom. The Balaban J connectivity index is 3.70. The van der Waals surface area contributed by atoms with Crippen molar-refractivity contribution in [2.75, 3.05) is 13.2 Å². The summed E-state index contributed by atoms with van der Waals surface area (Å²) in [6.07, 6.45) is 54.0. The molecule has 0 aliphatic carbocycles. The first kappa shape index (κ1) is 47.3. The second-order valence-corrected chi connectivity index (χ2v) is 13.4. The van der Waals surface area contributed by atoms with Crippen LogP contribution >= 0.6 is 0 Å². The fourth-order valence-corrected chi connectivity index (χ4v) is 5.35. The van der Waals surface area contributed by atoms with Gasteiger partial charge in [-0.2, -0.15) is 0 Å². The maximum atomic E-state index is 12.1. The van der Waals surface area contributed by atoms with E-state index in [1.807, 2.05) is 12.2 Å². The third-order valence-electron chi connectivity index (χ3n) is 8.49. The van der Waals surface area contributed by atoms with Gasteiger partial charge in [-0.05, 0) is 77.0 Å². The third-order valence-corrected chi connectivity index (χ3v) is 8.49. The van der Waals surface area contributed by atoms with E-state index in [1.165, 1.54) is 103 Å². The fraction of sp³-hybridized carbons (Fsp3) is 0.689. The van der Waals surface area contributed by atoms with Gasteiger partial charge in [-0.15, -0.1) is 0 Å². The maximum absolute atomic E-state index is 12.1. The predicted molar refractivity (Wildman–Crippen MR) is 214 cm³/mol. The molecule has 5 nitrogen and oxygen atoms in total. The highest BCUT2D eigenvalue weighted by Crippen LogP contribution is 2.12. The molecule has 1 unspecified atom stereocenters. The van der Waals surface area contributed by atoms with E-state index < -0.39 is 12.1 Å². The summed E-state index contributed by atoms with van der Waals surface area (Å²) in [5, 5.41) is 9.55. The van der Waals surface area contributed by atoms with Gasteiger partial charge in [-0.3, -0.25) is 9.59 Å². The number of hydrogen-bond donors (Lipinski definition) is 1. The molecule has 0 amide bonds. The number of carbonyl (C=O) groups excluding carboxylic acids is 2. The molecule has 0 heterocycles. The molecular formula is C45H76O5. The van der Waals surface area contributed by atoms with Crippen LogP contribution in [0.1, 0.15) is 181 Å². The van der Waals surface area contributed by atoms with Gasteiger partial charge in [0, 0.05) is 12.8 Å². The smallest absolute Gasteiger partial charge is 0.306 e. The summed E-state index contributed by atoms with van der Waals surface area (Å²) >= 11 is 0. The van der Waals surface area contributed by atoms with Gasteiger partial charge in [0.05, 0.1) is 6.61 Å². The predicted octanol–water partition coefficient (Wildman–Crippen LogP) is 13.0. The van der Waals surface area contributed by atoms with Gasteiger partial charge >= 0.3 is 11.9 Å². The minimum absolute atomic E-state index is 0.101. The van der Waals surface area contributed by atoms with Crippen molar-refractivity contribution in [2.24, 2.45) is 0 Å². The molecule has 286 valence electrons. The highest BCUT2D eigenvalue weighted by atomic mass is 16.6. The molecule has 1 N–H and O–H groups in total. The molecular weight excluding hydrogens is 620 g/mol. The number of carbonyl (C=O) groups is 2. The number of aliphatic hydroxyl groups excluding tert-OH is 1. The SMILES string of the molecule is CCCCCC=CCC=CCC=CCC=CCC=CCCC(=O)OC(CO)COC(=O)CCCCCCCCCC=CCCCCCCCC. The van der Waals surface area contributed by atoms with Crippen LogP contribution in [0.2, 0.25) is 0 Å². The molecule has 1 atom stereocenters. The van der Waals surface area contributed by atoms with Crippen LogP contribution in [0, 0.1) is 0 Å². The fourth-order valence-electron chi connectivity index (χ4n) is 5.35. The zero-order valence-corrected chi connectivity index (χ0v) is 32.4. The molecule has 0 radical (unpaired) electrons. The first-order chi connectivity index (χ1) is 24.6. The van der Waals surface area contributed by atoms with Gasteiger partial charge in [0.1, 0.15) is 6.61 Å². The molecule has 0 bridgehead atoms. The van der Waals surface area contributed by atoms with Gasteiger partial charge in [0.25, 0.3) is 0 Å². The molecule has 0 rings (SSSR count). The molecule has 0 saturated carbocycles. The lowest BCUT2D eigenvalue weighted by atomic mass is 10.1. The molecule has 0 spiro atoms. The highest BCUT2D eigenvalue weighted by molar-refractivity contribution is 5.70. The Kier molecular flexibility index (Phi) is 38.6. The summed E-state index contributed by atoms with van der Waals surface area (Å²) < 4.78 is 10.5. The van der Waals surface area contributed by atoms with E-state index in [0.29, 0.717) is 12.8 Å². The molecule has 0 aliphatic heterocycles. The zero-order chi connectivity index (χ0) is 36.4. The van der Waals surface area contributed by atoms with E-state index in [0.717, 1.165) is 44.9 Å². The van der Waals surface area contributed by atoms with Gasteiger partial charge < -0.3 is 14.6 Å². The van der Waals surface area contributed by atoms with Crippen LogP contribution in [0.5, 0.6) is 0 Å². The first-order valence-electron chi connectivity index (χ1n) is 20.5. The Hall–Kier alpha value is -2.66. The summed E-state index contributed by atoms with van der Waals surface area (Å²) in [6.45, 7) is 4.03. The molecule has 50 heavy (non-hydrogen) atoms. The van der Waals surface area contributed by atoms with Crippen molar-refractivity contribution >= 4 is 11.9 Å². The quantitative estimate of drug-likeness (QED) is 0.0401. The van der Waals surface area contributed by atoms with Gasteiger partial charge in [-0.25, -0.2) is 0 Å². The largest absolute Gasteiger partial charge is 0.462 e. The third kappa shape index (κ3) is 38.1. The minimum atomic E-state index is -0.815. The van der Waals surface area contributed by atoms with E-state index >= 15 is 0 Å². The lowest BCUT2D eigenvalue weighted by molar-refractivity contribution is -0.161. The standard InChI is InChI=1S/C45H76O5/c1-3-5-7-9-11-13-15-17-19-21-22-24-26-28-30-32-34-36-38-40-45(48)50-43(41-46)42-49-44(47)39-37-35-33-31-29-27-25-23-20-18-16-14-12-10-8-6-4-2/h11,13,17-20,22,24,28,30,34,36,43,46H,3-10,12,14-16,21,23,25-27,29,31-33,35,37-42H2,1-2H3. The molecule has 0 aromatic carbocycles. The number of aliphatic hydroxyl groups is 1. The minimum Gasteiger partial charge on any atom is -0.462 e. The van der Waals surface area contributed by atoms with Crippen molar-refractivity contribution < 1.29 is 24.2 Å². The lowest BCUT2D eigenvalue weighted by Crippen LogP contribution is -2.28. The van der Waals surface area contributed by atoms with Crippen molar-refractivity contribution in [1.29, 1.82) is 0 Å². The maximum Gasteiger partial charge on any atom is 0.306 e. The first-order valence-corrected chi connectivity index (χ1v) is 20.5. The second kappa shape index (κ2) is 40.8. The topological polar surface area (TPSA) is 72.8 Å². The summed E-state index contributed by atoms with van der Waals surface area (Å²) in [7, 11) is 0. The van der Waals surface area contributed by atoms with Crippen molar-refractivity contribution in [1.82, 2.24) is 0 Å². The average Bonchev–Trinajstić information content (AvgIpc) is 3.12. The van der Waals surface area contributed by atoms with Crippen LogP contribution in [0.25, 0.3) is 0 Å². The van der Waals surface area contributed by atoms with Crippen LogP contribution in [0.15, 0.2) is 72.9 Å². The van der Waals surface area contributed by atoms with E-state index in [-0.39, 0.29) is 25.6 Å². The number of allylic oxidation sites excluding steroid dienone is 12. The van der Waals surface area contributed by atoms with Crippen LogP contribution in [-0.2, 0) is 19.1 Å². The van der Waals surface area contributed by atoms with Crippen molar-refractivity contribution in [2.45, 2.75) is 187 Å².